The van der Waals surface area contributed by atoms with Gasteiger partial charge in [0.15, 0.2) is 0 Å². The van der Waals surface area contributed by atoms with Gasteiger partial charge in [0.1, 0.15) is 5.56 Å². The topological polar surface area (TPSA) is 81.3 Å². The lowest BCUT2D eigenvalue weighted by molar-refractivity contribution is -0.139. The second-order valence-electron chi connectivity index (χ2n) is 8.08. The van der Waals surface area contributed by atoms with Crippen LogP contribution in [0.5, 0.6) is 5.88 Å². The van der Waals surface area contributed by atoms with Crippen LogP contribution in [0.25, 0.3) is 16.0 Å². The molecule has 1 saturated heterocycles. The van der Waals surface area contributed by atoms with Crippen LogP contribution in [0.4, 0.5) is 18.9 Å². The molecule has 0 bridgehead atoms. The smallest absolute Gasteiger partial charge is 0.421 e. The standard InChI is InChI=1S/C26H23F3N5O3/c1-30-22-5-4-16(17-12-21(26(27,28)29)24(36-3)33-15-17)11-20(22)23(31-2)18-10-19(14-32-13-18)25(35)34-6-8-37-9-7-34/h1,4-5,10-15H,6-9H2,2-3H3/q+1. The van der Waals surface area contributed by atoms with E-state index in [9.17, 15) is 18.0 Å². The maximum atomic E-state index is 13.6. The number of benzene rings is 1. The first kappa shape index (κ1) is 25.8. The van der Waals surface area contributed by atoms with E-state index in [4.69, 9.17) is 16.0 Å². The van der Waals surface area contributed by atoms with Crippen LogP contribution < -0.4 is 4.74 Å². The van der Waals surface area contributed by atoms with Gasteiger partial charge in [-0.2, -0.15) is 13.2 Å². The van der Waals surface area contributed by atoms with Crippen LogP contribution in [0.1, 0.15) is 27.0 Å². The minimum atomic E-state index is -4.65. The Balaban J connectivity index is 1.76. The Morgan fingerprint density at radius 1 is 1.11 bits per heavy atom. The second-order valence-corrected chi connectivity index (χ2v) is 8.08. The van der Waals surface area contributed by atoms with Crippen LogP contribution in [0, 0.1) is 6.57 Å². The number of amides is 1. The molecule has 1 aliphatic rings. The number of nitrogens with zero attached hydrogens (tertiary/aromatic N) is 5. The molecule has 0 aliphatic carbocycles. The van der Waals surface area contributed by atoms with Gasteiger partial charge in [-0.15, -0.1) is 0 Å². The molecule has 8 nitrogen and oxygen atoms in total. The Hall–Kier alpha value is -4.30. The second kappa shape index (κ2) is 10.8. The molecule has 4 rings (SSSR count). The van der Waals surface area contributed by atoms with Crippen molar-refractivity contribution in [2.45, 2.75) is 6.18 Å². The number of aromatic nitrogens is 2. The van der Waals surface area contributed by atoms with E-state index < -0.39 is 17.6 Å². The maximum Gasteiger partial charge on any atom is 0.421 e. The summed E-state index contributed by atoms with van der Waals surface area (Å²) >= 11 is 0. The quantitative estimate of drug-likeness (QED) is 0.465. The fourth-order valence-corrected chi connectivity index (χ4v) is 4.03. The van der Waals surface area contributed by atoms with Crippen molar-refractivity contribution in [3.05, 3.63) is 76.0 Å². The number of carbonyl (C=O) groups is 1. The molecule has 0 spiro atoms. The maximum absolute atomic E-state index is 13.6. The van der Waals surface area contributed by atoms with E-state index in [1.165, 1.54) is 12.4 Å². The van der Waals surface area contributed by atoms with E-state index in [2.05, 4.69) is 19.8 Å². The molecule has 3 heterocycles. The molecule has 11 heteroatoms. The lowest BCUT2D eigenvalue weighted by atomic mass is 9.96. The molecule has 1 aliphatic heterocycles. The Labute approximate surface area is 211 Å². The van der Waals surface area contributed by atoms with Crippen molar-refractivity contribution in [1.29, 1.82) is 0 Å². The lowest BCUT2D eigenvalue weighted by Crippen LogP contribution is -2.40. The third-order valence-electron chi connectivity index (χ3n) is 5.85. The highest BCUT2D eigenvalue weighted by Crippen LogP contribution is 2.38. The number of methoxy groups -OCH3 is 1. The summed E-state index contributed by atoms with van der Waals surface area (Å²) in [6.45, 7) is 7.49. The van der Waals surface area contributed by atoms with Crippen LogP contribution in [0.3, 0.4) is 0 Å². The van der Waals surface area contributed by atoms with Gasteiger partial charge >= 0.3 is 11.9 Å². The van der Waals surface area contributed by atoms with E-state index in [0.717, 1.165) is 13.2 Å². The molecule has 3 aromatic rings. The van der Waals surface area contributed by atoms with E-state index in [1.807, 2.05) is 0 Å². The van der Waals surface area contributed by atoms with Crippen molar-refractivity contribution < 1.29 is 27.4 Å². The van der Waals surface area contributed by atoms with Gasteiger partial charge in [-0.1, -0.05) is 0 Å². The number of carbonyl (C=O) groups excluding carboxylic acids is 1. The van der Waals surface area contributed by atoms with Crippen LogP contribution in [0.2, 0.25) is 0 Å². The molecule has 1 amide bonds. The summed E-state index contributed by atoms with van der Waals surface area (Å²) in [6, 6.07) is 7.41. The van der Waals surface area contributed by atoms with Crippen LogP contribution >= 0.6 is 0 Å². The summed E-state index contributed by atoms with van der Waals surface area (Å²) in [7, 11) is 2.68. The summed E-state index contributed by atoms with van der Waals surface area (Å²) in [5, 5.41) is 0. The number of hydrogen-bond donors (Lipinski definition) is 0. The third kappa shape index (κ3) is 5.44. The number of ether oxygens (including phenoxy) is 2. The minimum Gasteiger partial charge on any atom is -0.481 e. The van der Waals surface area contributed by atoms with Gasteiger partial charge in [0.2, 0.25) is 5.88 Å². The Morgan fingerprint density at radius 2 is 1.84 bits per heavy atom. The van der Waals surface area contributed by atoms with Gasteiger partial charge in [0, 0.05) is 55.9 Å². The fourth-order valence-electron chi connectivity index (χ4n) is 4.03. The van der Waals surface area contributed by atoms with Gasteiger partial charge in [-0.05, 0) is 34.7 Å². The highest BCUT2D eigenvalue weighted by Gasteiger charge is 2.35. The largest absolute Gasteiger partial charge is 0.481 e. The molecule has 0 atom stereocenters. The summed E-state index contributed by atoms with van der Waals surface area (Å²) in [4.78, 5) is 30.9. The van der Waals surface area contributed by atoms with E-state index in [0.29, 0.717) is 60.0 Å². The van der Waals surface area contributed by atoms with Crippen molar-refractivity contribution in [3.63, 3.8) is 0 Å². The van der Waals surface area contributed by atoms with Crippen molar-refractivity contribution in [1.82, 2.24) is 14.9 Å². The van der Waals surface area contributed by atoms with Gasteiger partial charge in [0.05, 0.1) is 37.2 Å². The van der Waals surface area contributed by atoms with Crippen LogP contribution in [-0.4, -0.2) is 66.9 Å². The molecule has 0 radical (unpaired) electrons. The first-order valence-electron chi connectivity index (χ1n) is 11.2. The Kier molecular flexibility index (Phi) is 7.50. The van der Waals surface area contributed by atoms with E-state index >= 15 is 0 Å². The molecule has 2 aromatic heterocycles. The Bertz CT molecular complexity index is 1390. The summed E-state index contributed by atoms with van der Waals surface area (Å²) < 4.78 is 50.8. The number of halogens is 3. The summed E-state index contributed by atoms with van der Waals surface area (Å²) in [6.07, 6.45) is -0.347. The minimum absolute atomic E-state index is 0.186. The molecule has 37 heavy (non-hydrogen) atoms. The summed E-state index contributed by atoms with van der Waals surface area (Å²) in [5.74, 6) is -0.705. The highest BCUT2D eigenvalue weighted by molar-refractivity contribution is 6.17. The number of morpholine rings is 1. The zero-order chi connectivity index (χ0) is 26.6. The molecule has 0 unspecified atom stereocenters. The number of alkyl halides is 3. The number of pyridine rings is 2. The zero-order valence-corrected chi connectivity index (χ0v) is 20.1. The molecular formula is C26H23F3N5O3+. The molecule has 190 valence electrons. The van der Waals surface area contributed by atoms with Gasteiger partial charge in [-0.25, -0.2) is 4.98 Å². The first-order valence-corrected chi connectivity index (χ1v) is 11.2. The monoisotopic (exact) mass is 510 g/mol. The van der Waals surface area contributed by atoms with E-state index in [1.54, 1.807) is 42.4 Å². The van der Waals surface area contributed by atoms with Crippen LogP contribution in [0.15, 0.2) is 53.9 Å². The Morgan fingerprint density at radius 3 is 2.49 bits per heavy atom. The zero-order valence-electron chi connectivity index (χ0n) is 20.1. The molecular weight excluding hydrogens is 487 g/mol. The van der Waals surface area contributed by atoms with Crippen molar-refractivity contribution in [3.8, 4) is 23.6 Å². The van der Waals surface area contributed by atoms with Gasteiger partial charge < -0.3 is 14.4 Å². The normalized spacial score (nSPS) is 14.3. The highest BCUT2D eigenvalue weighted by atomic mass is 19.4. The average molecular weight is 510 g/mol. The first-order chi connectivity index (χ1) is 17.8. The molecule has 0 N–H and O–H groups in total. The van der Waals surface area contributed by atoms with Crippen molar-refractivity contribution in [2.24, 2.45) is 4.99 Å². The number of rotatable bonds is 5. The number of hydrogen-bond acceptors (Lipinski definition) is 6. The third-order valence-corrected chi connectivity index (χ3v) is 5.85. The van der Waals surface area contributed by atoms with Crippen molar-refractivity contribution >= 4 is 17.3 Å². The number of aliphatic imine (C=N–C) groups is 1. The average Bonchev–Trinajstić information content (AvgIpc) is 2.93. The van der Waals surface area contributed by atoms with Gasteiger partial charge in [0.25, 0.3) is 12.5 Å². The summed E-state index contributed by atoms with van der Waals surface area (Å²) in [5.41, 5.74) is 1.75. The fraction of sp³-hybridized carbons (Fsp3) is 0.269. The van der Waals surface area contributed by atoms with Crippen LogP contribution in [-0.2, 0) is 10.9 Å². The molecule has 0 saturated carbocycles. The van der Waals surface area contributed by atoms with Gasteiger partial charge in [-0.3, -0.25) is 14.8 Å². The lowest BCUT2D eigenvalue weighted by Gasteiger charge is -2.26. The SMILES string of the molecule is C#[N+]c1ccc(-c2cnc(OC)c(C(F)(F)F)c2)cc1C(=NC)c1cncc(C(=O)N2CCOCC2)c1. The molecule has 1 fully saturated rings. The van der Waals surface area contributed by atoms with Crippen molar-refractivity contribution in [2.75, 3.05) is 40.5 Å². The predicted octanol–water partition coefficient (Wildman–Crippen LogP) is 4.70. The van der Waals surface area contributed by atoms with E-state index in [-0.39, 0.29) is 11.5 Å². The molecule has 1 aromatic carbocycles. The predicted molar refractivity (Wildman–Crippen MR) is 132 cm³/mol.